The molecule has 4 heterocycles. The predicted molar refractivity (Wildman–Crippen MR) is 111 cm³/mol. The van der Waals surface area contributed by atoms with Gasteiger partial charge in [-0.2, -0.15) is 18.2 Å². The lowest BCUT2D eigenvalue weighted by Gasteiger charge is -2.16. The number of aromatic nitrogens is 2. The summed E-state index contributed by atoms with van der Waals surface area (Å²) in [6.07, 6.45) is -1.23. The highest BCUT2D eigenvalue weighted by molar-refractivity contribution is 8.00. The Morgan fingerprint density at radius 3 is 2.73 bits per heavy atom. The average Bonchev–Trinajstić information content (AvgIpc) is 3.50. The summed E-state index contributed by atoms with van der Waals surface area (Å²) in [7, 11) is 0. The van der Waals surface area contributed by atoms with Crippen molar-refractivity contribution >= 4 is 44.9 Å². The van der Waals surface area contributed by atoms with Gasteiger partial charge in [0, 0.05) is 29.9 Å². The summed E-state index contributed by atoms with van der Waals surface area (Å²) in [6.45, 7) is 0.590. The SMILES string of the molecule is O=C1NC[C@H](c2nc(-c3sc4c(N[C@@H]5CNC[C@@H]5F)cc(F)cc4c3SC(F)(F)F)no2)N1. The predicted octanol–water partition coefficient (Wildman–Crippen LogP) is 3.78. The summed E-state index contributed by atoms with van der Waals surface area (Å²) < 4.78 is 74.2. The minimum absolute atomic E-state index is 0.00313. The van der Waals surface area contributed by atoms with Crippen LogP contribution in [0.5, 0.6) is 0 Å². The molecule has 3 atom stereocenters. The van der Waals surface area contributed by atoms with E-state index in [4.69, 9.17) is 4.52 Å². The fourth-order valence-corrected chi connectivity index (χ4v) is 5.76. The number of thioether (sulfide) groups is 1. The Bertz CT molecular complexity index is 1220. The van der Waals surface area contributed by atoms with Crippen LogP contribution in [0, 0.1) is 5.82 Å². The summed E-state index contributed by atoms with van der Waals surface area (Å²) in [4.78, 5) is 15.3. The minimum Gasteiger partial charge on any atom is -0.377 e. The van der Waals surface area contributed by atoms with E-state index in [1.807, 2.05) is 0 Å². The molecule has 0 unspecified atom stereocenters. The fourth-order valence-electron chi connectivity index (χ4n) is 3.68. The highest BCUT2D eigenvalue weighted by Gasteiger charge is 2.36. The molecule has 0 spiro atoms. The highest BCUT2D eigenvalue weighted by atomic mass is 32.2. The zero-order valence-electron chi connectivity index (χ0n) is 16.4. The number of anilines is 1. The molecule has 4 N–H and O–H groups in total. The Balaban J connectivity index is 1.60. The van der Waals surface area contributed by atoms with E-state index in [2.05, 4.69) is 31.4 Å². The van der Waals surface area contributed by atoms with Gasteiger partial charge in [0.2, 0.25) is 5.82 Å². The number of amides is 2. The topological polar surface area (TPSA) is 104 Å². The molecule has 33 heavy (non-hydrogen) atoms. The van der Waals surface area contributed by atoms with Crippen LogP contribution in [0.4, 0.5) is 32.4 Å². The lowest BCUT2D eigenvalue weighted by molar-refractivity contribution is -0.0327. The van der Waals surface area contributed by atoms with Crippen molar-refractivity contribution in [2.75, 3.05) is 25.0 Å². The molecule has 2 aromatic heterocycles. The van der Waals surface area contributed by atoms with Crippen molar-refractivity contribution in [3.8, 4) is 10.7 Å². The van der Waals surface area contributed by atoms with E-state index in [0.29, 0.717) is 4.70 Å². The molecule has 176 valence electrons. The number of carbonyl (C=O) groups is 1. The number of thiophene rings is 1. The molecule has 0 aliphatic carbocycles. The molecule has 2 aliphatic rings. The van der Waals surface area contributed by atoms with Crippen LogP contribution in [0.15, 0.2) is 21.6 Å². The van der Waals surface area contributed by atoms with Crippen molar-refractivity contribution < 1.29 is 31.3 Å². The molecule has 5 rings (SSSR count). The number of nitrogens with zero attached hydrogens (tertiary/aromatic N) is 2. The lowest BCUT2D eigenvalue weighted by Crippen LogP contribution is -2.29. The van der Waals surface area contributed by atoms with Crippen LogP contribution >= 0.6 is 23.1 Å². The van der Waals surface area contributed by atoms with Crippen LogP contribution in [0.25, 0.3) is 20.8 Å². The van der Waals surface area contributed by atoms with E-state index in [1.54, 1.807) is 0 Å². The van der Waals surface area contributed by atoms with E-state index in [9.17, 15) is 26.7 Å². The number of rotatable bonds is 5. The number of hydrogen-bond acceptors (Lipinski definition) is 8. The number of nitrogens with one attached hydrogen (secondary N) is 4. The number of urea groups is 1. The quantitative estimate of drug-likeness (QED) is 0.309. The smallest absolute Gasteiger partial charge is 0.377 e. The average molecular weight is 506 g/mol. The Morgan fingerprint density at radius 1 is 1.24 bits per heavy atom. The van der Waals surface area contributed by atoms with Gasteiger partial charge >= 0.3 is 11.5 Å². The van der Waals surface area contributed by atoms with E-state index >= 15 is 0 Å². The van der Waals surface area contributed by atoms with Gasteiger partial charge in [-0.15, -0.1) is 11.3 Å². The Kier molecular flexibility index (Phi) is 5.56. The summed E-state index contributed by atoms with van der Waals surface area (Å²) in [6, 6.07) is 0.397. The van der Waals surface area contributed by atoms with Gasteiger partial charge in [-0.05, 0) is 23.9 Å². The maximum absolute atomic E-state index is 14.4. The summed E-state index contributed by atoms with van der Waals surface area (Å²) in [5, 5.41) is 14.6. The van der Waals surface area contributed by atoms with E-state index in [-0.39, 0.29) is 52.2 Å². The highest BCUT2D eigenvalue weighted by Crippen LogP contribution is 2.51. The lowest BCUT2D eigenvalue weighted by atomic mass is 10.1. The van der Waals surface area contributed by atoms with Crippen molar-refractivity contribution in [2.45, 2.75) is 28.7 Å². The normalized spacial score (nSPS) is 23.2. The zero-order valence-corrected chi connectivity index (χ0v) is 18.1. The maximum atomic E-state index is 14.4. The first-order chi connectivity index (χ1) is 15.7. The van der Waals surface area contributed by atoms with E-state index < -0.39 is 47.4 Å². The molecule has 2 aliphatic heterocycles. The number of carbonyl (C=O) groups excluding carboxylic acids is 1. The molecule has 15 heteroatoms. The van der Waals surface area contributed by atoms with Crippen molar-refractivity contribution in [3.05, 3.63) is 23.8 Å². The van der Waals surface area contributed by atoms with E-state index in [0.717, 1.165) is 23.5 Å². The molecule has 0 radical (unpaired) electrons. The number of alkyl halides is 4. The summed E-state index contributed by atoms with van der Waals surface area (Å²) in [5.41, 5.74) is -4.49. The van der Waals surface area contributed by atoms with Gasteiger partial charge in [0.05, 0.1) is 21.3 Å². The summed E-state index contributed by atoms with van der Waals surface area (Å²) >= 11 is 0.500. The van der Waals surface area contributed by atoms with Gasteiger partial charge in [0.1, 0.15) is 18.0 Å². The molecule has 0 bridgehead atoms. The molecule has 2 saturated heterocycles. The zero-order chi connectivity index (χ0) is 23.3. The second-order valence-electron chi connectivity index (χ2n) is 7.43. The number of fused-ring (bicyclic) bond motifs is 1. The molecular formula is C18H15F5N6O2S2. The van der Waals surface area contributed by atoms with E-state index in [1.165, 1.54) is 0 Å². The van der Waals surface area contributed by atoms with Gasteiger partial charge in [-0.3, -0.25) is 0 Å². The fraction of sp³-hybridized carbons (Fsp3) is 0.389. The maximum Gasteiger partial charge on any atom is 0.446 e. The molecule has 8 nitrogen and oxygen atoms in total. The van der Waals surface area contributed by atoms with Crippen molar-refractivity contribution in [1.29, 1.82) is 0 Å². The van der Waals surface area contributed by atoms with Gasteiger partial charge < -0.3 is 25.8 Å². The van der Waals surface area contributed by atoms with Crippen LogP contribution in [-0.4, -0.2) is 53.5 Å². The number of benzene rings is 1. The third-order valence-corrected chi connectivity index (χ3v) is 7.35. The van der Waals surface area contributed by atoms with Crippen LogP contribution < -0.4 is 21.3 Å². The molecule has 1 aromatic carbocycles. The monoisotopic (exact) mass is 506 g/mol. The second kappa shape index (κ2) is 8.29. The first-order valence-electron chi connectivity index (χ1n) is 9.69. The van der Waals surface area contributed by atoms with Crippen molar-refractivity contribution in [1.82, 2.24) is 26.1 Å². The molecule has 0 saturated carbocycles. The Labute approximate surface area is 190 Å². The van der Waals surface area contributed by atoms with Gasteiger partial charge in [-0.1, -0.05) is 5.16 Å². The summed E-state index contributed by atoms with van der Waals surface area (Å²) in [5.74, 6) is -0.879. The number of hydrogen-bond donors (Lipinski definition) is 4. The number of halogens is 5. The van der Waals surface area contributed by atoms with Gasteiger partial charge in [0.25, 0.3) is 5.89 Å². The molecular weight excluding hydrogens is 491 g/mol. The van der Waals surface area contributed by atoms with Gasteiger partial charge in [0.15, 0.2) is 0 Å². The van der Waals surface area contributed by atoms with Crippen LogP contribution in [0.2, 0.25) is 0 Å². The first kappa shape index (κ1) is 22.2. The third kappa shape index (κ3) is 4.44. The minimum atomic E-state index is -4.67. The van der Waals surface area contributed by atoms with Crippen molar-refractivity contribution in [2.24, 2.45) is 0 Å². The van der Waals surface area contributed by atoms with Gasteiger partial charge in [-0.25, -0.2) is 13.6 Å². The molecule has 3 aromatic rings. The first-order valence-corrected chi connectivity index (χ1v) is 11.3. The third-order valence-electron chi connectivity index (χ3n) is 5.12. The molecule has 2 fully saturated rings. The van der Waals surface area contributed by atoms with Crippen molar-refractivity contribution in [3.63, 3.8) is 0 Å². The second-order valence-corrected chi connectivity index (χ2v) is 9.52. The Morgan fingerprint density at radius 2 is 2.06 bits per heavy atom. The largest absolute Gasteiger partial charge is 0.446 e. The van der Waals surface area contributed by atoms with Crippen LogP contribution in [-0.2, 0) is 0 Å². The standard InChI is InChI=1S/C18H15F5N6O2S2/c19-6-1-7-12(9(2-6)26-10-4-24-3-8(10)20)32-14(13(7)33-18(21,22)23)15-28-16(31-29-15)11-5-25-17(30)27-11/h1-2,8,10-11,24,26H,3-5H2,(H2,25,27,30)/t8-,10+,11+/m0/s1. The van der Waals surface area contributed by atoms with Crippen LogP contribution in [0.3, 0.4) is 0 Å². The molecule has 2 amide bonds. The van der Waals surface area contributed by atoms with Crippen LogP contribution in [0.1, 0.15) is 11.9 Å². The Hall–Kier alpha value is -2.65.